The second-order valence-electron chi connectivity index (χ2n) is 5.80. The maximum absolute atomic E-state index is 11.3. The molecule has 1 spiro atoms. The third kappa shape index (κ3) is 2.46. The number of hydrogen-bond donors (Lipinski definition) is 1. The van der Waals surface area contributed by atoms with Crippen LogP contribution in [0.4, 0.5) is 11.4 Å². The zero-order chi connectivity index (χ0) is 15.0. The largest absolute Gasteiger partial charge is 0.297 e. The van der Waals surface area contributed by atoms with E-state index in [2.05, 4.69) is 5.32 Å². The number of thioether (sulfide) groups is 1. The quantitative estimate of drug-likeness (QED) is 0.671. The summed E-state index contributed by atoms with van der Waals surface area (Å²) in [6, 6.07) is 3.37. The summed E-state index contributed by atoms with van der Waals surface area (Å²) in [6.45, 7) is 3.89. The van der Waals surface area contributed by atoms with Crippen molar-refractivity contribution in [2.24, 2.45) is 4.99 Å². The molecule has 112 valence electrons. The second-order valence-corrected chi connectivity index (χ2v) is 6.78. The number of nitrogens with one attached hydrogen (secondary N) is 1. The van der Waals surface area contributed by atoms with Gasteiger partial charge in [0.05, 0.1) is 10.5 Å². The van der Waals surface area contributed by atoms with E-state index in [0.717, 1.165) is 47.7 Å². The maximum atomic E-state index is 11.3. The van der Waals surface area contributed by atoms with E-state index in [1.165, 1.54) is 0 Å². The highest BCUT2D eigenvalue weighted by molar-refractivity contribution is 7.99. The number of rotatable bonds is 2. The average molecular weight is 305 g/mol. The lowest BCUT2D eigenvalue weighted by molar-refractivity contribution is -0.384. The molecule has 1 heterocycles. The molecule has 1 aliphatic carbocycles. The van der Waals surface area contributed by atoms with Crippen molar-refractivity contribution in [2.45, 2.75) is 38.6 Å². The van der Waals surface area contributed by atoms with Crippen molar-refractivity contribution < 1.29 is 4.92 Å². The van der Waals surface area contributed by atoms with E-state index in [-0.39, 0.29) is 16.1 Å². The molecule has 3 rings (SSSR count). The fraction of sp³-hybridized carbons (Fsp3) is 0.533. The van der Waals surface area contributed by atoms with E-state index < -0.39 is 0 Å². The van der Waals surface area contributed by atoms with Crippen LogP contribution in [0, 0.1) is 24.0 Å². The van der Waals surface area contributed by atoms with Gasteiger partial charge in [0.1, 0.15) is 5.69 Å². The summed E-state index contributed by atoms with van der Waals surface area (Å²) in [4.78, 5) is 15.7. The standard InChI is InChI=1S/C15H19N3O2S/c1-10-5-6-12(18(19)20)14(11(10)2)17-13-4-3-7-15(13)8-21-9-16-15/h5-6,16H,3-4,7-9H2,1-2H3. The van der Waals surface area contributed by atoms with Gasteiger partial charge in [0.25, 0.3) is 5.69 Å². The minimum atomic E-state index is -0.329. The number of hydrogen-bond acceptors (Lipinski definition) is 5. The molecular formula is C15H19N3O2S. The van der Waals surface area contributed by atoms with Crippen LogP contribution >= 0.6 is 11.8 Å². The molecule has 1 aliphatic heterocycles. The number of nitro benzene ring substituents is 1. The van der Waals surface area contributed by atoms with Crippen LogP contribution in [0.2, 0.25) is 0 Å². The van der Waals surface area contributed by atoms with Gasteiger partial charge >= 0.3 is 0 Å². The molecule has 2 fully saturated rings. The fourth-order valence-electron chi connectivity index (χ4n) is 3.13. The zero-order valence-corrected chi connectivity index (χ0v) is 13.1. The molecule has 1 atom stereocenters. The van der Waals surface area contributed by atoms with Gasteiger partial charge in [-0.25, -0.2) is 4.99 Å². The van der Waals surface area contributed by atoms with Gasteiger partial charge in [-0.2, -0.15) is 0 Å². The molecule has 0 radical (unpaired) electrons. The fourth-order valence-corrected chi connectivity index (χ4v) is 4.37. The molecule has 21 heavy (non-hydrogen) atoms. The Morgan fingerprint density at radius 1 is 1.43 bits per heavy atom. The van der Waals surface area contributed by atoms with Gasteiger partial charge in [-0.1, -0.05) is 6.07 Å². The molecule has 0 aromatic heterocycles. The summed E-state index contributed by atoms with van der Waals surface area (Å²) in [6.07, 6.45) is 3.11. The number of aryl methyl sites for hydroxylation is 1. The van der Waals surface area contributed by atoms with Crippen molar-refractivity contribution in [1.82, 2.24) is 5.32 Å². The Bertz CT molecular complexity index is 616. The Morgan fingerprint density at radius 3 is 2.90 bits per heavy atom. The number of nitrogens with zero attached hydrogens (tertiary/aromatic N) is 2. The molecule has 1 saturated carbocycles. The van der Waals surface area contributed by atoms with Gasteiger partial charge < -0.3 is 0 Å². The van der Waals surface area contributed by atoms with Crippen LogP contribution in [0.1, 0.15) is 30.4 Å². The molecule has 5 nitrogen and oxygen atoms in total. The van der Waals surface area contributed by atoms with Gasteiger partial charge in [-0.15, -0.1) is 11.8 Å². The lowest BCUT2D eigenvalue weighted by atomic mass is 9.98. The van der Waals surface area contributed by atoms with Crippen LogP contribution in [0.3, 0.4) is 0 Å². The Kier molecular flexibility index (Phi) is 3.75. The number of aliphatic imine (C=N–C) groups is 1. The van der Waals surface area contributed by atoms with Gasteiger partial charge in [-0.05, 0) is 44.2 Å². The Hall–Kier alpha value is -1.40. The first-order chi connectivity index (χ1) is 10.0. The molecule has 1 aromatic carbocycles. The van der Waals surface area contributed by atoms with E-state index in [0.29, 0.717) is 5.69 Å². The lowest BCUT2D eigenvalue weighted by Crippen LogP contribution is -2.46. The van der Waals surface area contributed by atoms with Crippen LogP contribution in [0.25, 0.3) is 0 Å². The molecule has 0 bridgehead atoms. The Labute approximate surface area is 128 Å². The summed E-state index contributed by atoms with van der Waals surface area (Å²) < 4.78 is 0. The van der Waals surface area contributed by atoms with E-state index >= 15 is 0 Å². The molecule has 1 N–H and O–H groups in total. The minimum Gasteiger partial charge on any atom is -0.297 e. The average Bonchev–Trinajstić information content (AvgIpc) is 3.07. The summed E-state index contributed by atoms with van der Waals surface area (Å²) in [7, 11) is 0. The molecule has 2 aliphatic rings. The molecular weight excluding hydrogens is 286 g/mol. The maximum Gasteiger partial charge on any atom is 0.295 e. The minimum absolute atomic E-state index is 0.0330. The third-order valence-corrected chi connectivity index (χ3v) is 5.60. The smallest absolute Gasteiger partial charge is 0.295 e. The summed E-state index contributed by atoms with van der Waals surface area (Å²) in [5, 5.41) is 14.8. The van der Waals surface area contributed by atoms with E-state index in [9.17, 15) is 10.1 Å². The molecule has 1 saturated heterocycles. The lowest BCUT2D eigenvalue weighted by Gasteiger charge is -2.23. The SMILES string of the molecule is Cc1ccc([N+](=O)[O-])c(N=C2CCCC23CSCN3)c1C. The van der Waals surface area contributed by atoms with Gasteiger partial charge in [0.2, 0.25) is 0 Å². The Morgan fingerprint density at radius 2 is 2.24 bits per heavy atom. The van der Waals surface area contributed by atoms with Gasteiger partial charge in [-0.3, -0.25) is 15.4 Å². The summed E-state index contributed by atoms with van der Waals surface area (Å²) >= 11 is 1.88. The second kappa shape index (κ2) is 5.42. The molecule has 1 aromatic rings. The monoisotopic (exact) mass is 305 g/mol. The highest BCUT2D eigenvalue weighted by Gasteiger charge is 2.42. The van der Waals surface area contributed by atoms with Crippen molar-refractivity contribution >= 4 is 28.8 Å². The first kappa shape index (κ1) is 14.5. The van der Waals surface area contributed by atoms with E-state index in [4.69, 9.17) is 4.99 Å². The normalized spacial score (nSPS) is 26.9. The van der Waals surface area contributed by atoms with Crippen molar-refractivity contribution in [2.75, 3.05) is 11.6 Å². The third-order valence-electron chi connectivity index (χ3n) is 4.55. The molecule has 0 amide bonds. The highest BCUT2D eigenvalue weighted by Crippen LogP contribution is 2.39. The van der Waals surface area contributed by atoms with Crippen LogP contribution in [0.5, 0.6) is 0 Å². The zero-order valence-electron chi connectivity index (χ0n) is 12.3. The summed E-state index contributed by atoms with van der Waals surface area (Å²) in [5.74, 6) is 1.96. The topological polar surface area (TPSA) is 67.5 Å². The molecule has 6 heteroatoms. The van der Waals surface area contributed by atoms with Crippen molar-refractivity contribution in [3.8, 4) is 0 Å². The number of benzene rings is 1. The summed E-state index contributed by atoms with van der Waals surface area (Å²) in [5.41, 5.74) is 3.65. The van der Waals surface area contributed by atoms with E-state index in [1.54, 1.807) is 12.1 Å². The van der Waals surface area contributed by atoms with Crippen LogP contribution in [-0.4, -0.2) is 27.8 Å². The first-order valence-electron chi connectivity index (χ1n) is 7.19. The predicted octanol–water partition coefficient (Wildman–Crippen LogP) is 3.50. The van der Waals surface area contributed by atoms with Crippen LogP contribution in [0.15, 0.2) is 17.1 Å². The van der Waals surface area contributed by atoms with Gasteiger partial charge in [0.15, 0.2) is 0 Å². The number of nitro groups is 1. The first-order valence-corrected chi connectivity index (χ1v) is 8.34. The van der Waals surface area contributed by atoms with Crippen molar-refractivity contribution in [3.05, 3.63) is 33.4 Å². The van der Waals surface area contributed by atoms with Crippen molar-refractivity contribution in [3.63, 3.8) is 0 Å². The Balaban J connectivity index is 2.10. The highest BCUT2D eigenvalue weighted by atomic mass is 32.2. The van der Waals surface area contributed by atoms with E-state index in [1.807, 2.05) is 25.6 Å². The van der Waals surface area contributed by atoms with Crippen LogP contribution < -0.4 is 5.32 Å². The van der Waals surface area contributed by atoms with Crippen LogP contribution in [-0.2, 0) is 0 Å². The van der Waals surface area contributed by atoms with Gasteiger partial charge in [0, 0.05) is 23.4 Å². The predicted molar refractivity (Wildman–Crippen MR) is 86.7 cm³/mol. The van der Waals surface area contributed by atoms with Crippen molar-refractivity contribution in [1.29, 1.82) is 0 Å². The molecule has 1 unspecified atom stereocenters.